The molecule has 0 radical (unpaired) electrons. The average Bonchev–Trinajstić information content (AvgIpc) is 2.75. The standard InChI is InChI=1S/C23H25N3O3S/c1-18-2-12-23(13-3-18)30(28,29)24-19-4-6-20(7-5-19)25-14-16-26(17-15-25)21-8-10-22(27)11-9-21/h2-13,24,27H,14-17H2,1H3. The molecule has 1 heterocycles. The van der Waals surface area contributed by atoms with Gasteiger partial charge in [-0.2, -0.15) is 0 Å². The number of sulfonamides is 1. The van der Waals surface area contributed by atoms with E-state index < -0.39 is 10.0 Å². The monoisotopic (exact) mass is 423 g/mol. The average molecular weight is 424 g/mol. The van der Waals surface area contributed by atoms with Gasteiger partial charge in [0.1, 0.15) is 5.75 Å². The van der Waals surface area contributed by atoms with Crippen LogP contribution in [0.25, 0.3) is 0 Å². The van der Waals surface area contributed by atoms with E-state index in [4.69, 9.17) is 0 Å². The first-order valence-electron chi connectivity index (χ1n) is 9.89. The number of hydrogen-bond acceptors (Lipinski definition) is 5. The highest BCUT2D eigenvalue weighted by Crippen LogP contribution is 2.24. The number of nitrogens with zero attached hydrogens (tertiary/aromatic N) is 2. The van der Waals surface area contributed by atoms with E-state index in [0.29, 0.717) is 5.69 Å². The highest BCUT2D eigenvalue weighted by Gasteiger charge is 2.18. The number of piperazine rings is 1. The SMILES string of the molecule is Cc1ccc(S(=O)(=O)Nc2ccc(N3CCN(c4ccc(O)cc4)CC3)cc2)cc1. The fourth-order valence-corrected chi connectivity index (χ4v) is 4.62. The van der Waals surface area contributed by atoms with E-state index in [-0.39, 0.29) is 10.6 Å². The van der Waals surface area contributed by atoms with Crippen LogP contribution in [0.4, 0.5) is 17.1 Å². The van der Waals surface area contributed by atoms with Crippen molar-refractivity contribution < 1.29 is 13.5 Å². The largest absolute Gasteiger partial charge is 0.508 e. The van der Waals surface area contributed by atoms with Crippen LogP contribution >= 0.6 is 0 Å². The minimum Gasteiger partial charge on any atom is -0.508 e. The van der Waals surface area contributed by atoms with Crippen molar-refractivity contribution >= 4 is 27.1 Å². The first kappa shape index (κ1) is 20.1. The number of phenolic OH excluding ortho intramolecular Hbond substituents is 1. The number of rotatable bonds is 5. The Balaban J connectivity index is 1.38. The molecule has 4 rings (SSSR count). The molecule has 7 heteroatoms. The zero-order chi connectivity index (χ0) is 21.1. The Morgan fingerprint density at radius 1 is 0.733 bits per heavy atom. The summed E-state index contributed by atoms with van der Waals surface area (Å²) in [4.78, 5) is 4.83. The van der Waals surface area contributed by atoms with Gasteiger partial charge in [-0.05, 0) is 67.6 Å². The third-order valence-corrected chi connectivity index (χ3v) is 6.71. The molecule has 30 heavy (non-hydrogen) atoms. The van der Waals surface area contributed by atoms with Gasteiger partial charge in [0.05, 0.1) is 4.90 Å². The molecule has 0 saturated carbocycles. The second-order valence-electron chi connectivity index (χ2n) is 7.46. The smallest absolute Gasteiger partial charge is 0.261 e. The van der Waals surface area contributed by atoms with Gasteiger partial charge in [0, 0.05) is 43.2 Å². The Bertz CT molecular complexity index is 1090. The molecule has 2 N–H and O–H groups in total. The van der Waals surface area contributed by atoms with Crippen LogP contribution in [0.5, 0.6) is 5.75 Å². The van der Waals surface area contributed by atoms with E-state index in [1.165, 1.54) is 0 Å². The zero-order valence-corrected chi connectivity index (χ0v) is 17.6. The summed E-state index contributed by atoms with van der Waals surface area (Å²) in [5, 5.41) is 9.44. The van der Waals surface area contributed by atoms with Crippen molar-refractivity contribution in [1.29, 1.82) is 0 Å². The summed E-state index contributed by atoms with van der Waals surface area (Å²) in [5.41, 5.74) is 3.73. The maximum atomic E-state index is 12.5. The summed E-state index contributed by atoms with van der Waals surface area (Å²) in [6, 6.07) is 21.6. The number of benzene rings is 3. The lowest BCUT2D eigenvalue weighted by atomic mass is 10.2. The molecule has 0 amide bonds. The predicted octanol–water partition coefficient (Wildman–Crippen LogP) is 3.83. The van der Waals surface area contributed by atoms with E-state index in [1.54, 1.807) is 48.5 Å². The minimum absolute atomic E-state index is 0.252. The lowest BCUT2D eigenvalue weighted by molar-refractivity contribution is 0.475. The van der Waals surface area contributed by atoms with Crippen molar-refractivity contribution in [1.82, 2.24) is 0 Å². The summed E-state index contributed by atoms with van der Waals surface area (Å²) in [7, 11) is -3.60. The summed E-state index contributed by atoms with van der Waals surface area (Å²) in [6.07, 6.45) is 0. The van der Waals surface area contributed by atoms with Crippen LogP contribution in [-0.2, 0) is 10.0 Å². The van der Waals surface area contributed by atoms with E-state index in [2.05, 4.69) is 14.5 Å². The van der Waals surface area contributed by atoms with E-state index >= 15 is 0 Å². The number of aryl methyl sites for hydroxylation is 1. The summed E-state index contributed by atoms with van der Waals surface area (Å²) < 4.78 is 27.7. The maximum Gasteiger partial charge on any atom is 0.261 e. The molecule has 1 saturated heterocycles. The topological polar surface area (TPSA) is 72.9 Å². The molecule has 1 aliphatic rings. The van der Waals surface area contributed by atoms with Crippen LogP contribution in [0.15, 0.2) is 77.7 Å². The molecule has 3 aromatic carbocycles. The number of phenols is 1. The molecule has 6 nitrogen and oxygen atoms in total. The van der Waals surface area contributed by atoms with Crippen molar-refractivity contribution in [2.45, 2.75) is 11.8 Å². The van der Waals surface area contributed by atoms with Crippen LogP contribution in [0, 0.1) is 6.92 Å². The minimum atomic E-state index is -3.60. The van der Waals surface area contributed by atoms with Gasteiger partial charge in [0.2, 0.25) is 0 Å². The van der Waals surface area contributed by atoms with Gasteiger partial charge in [-0.3, -0.25) is 4.72 Å². The fourth-order valence-electron chi connectivity index (χ4n) is 3.56. The van der Waals surface area contributed by atoms with Gasteiger partial charge >= 0.3 is 0 Å². The highest BCUT2D eigenvalue weighted by atomic mass is 32.2. The molecule has 0 spiro atoms. The molecule has 1 fully saturated rings. The van der Waals surface area contributed by atoms with E-state index in [0.717, 1.165) is 43.1 Å². The summed E-state index contributed by atoms with van der Waals surface area (Å²) in [6.45, 7) is 5.43. The lowest BCUT2D eigenvalue weighted by Gasteiger charge is -2.37. The van der Waals surface area contributed by atoms with Gasteiger partial charge in [0.25, 0.3) is 10.0 Å². The van der Waals surface area contributed by atoms with Crippen LogP contribution in [0.2, 0.25) is 0 Å². The number of anilines is 3. The van der Waals surface area contributed by atoms with E-state index in [9.17, 15) is 13.5 Å². The van der Waals surface area contributed by atoms with Gasteiger partial charge < -0.3 is 14.9 Å². The van der Waals surface area contributed by atoms with Gasteiger partial charge in [-0.1, -0.05) is 17.7 Å². The number of aromatic hydroxyl groups is 1. The Hall–Kier alpha value is -3.19. The van der Waals surface area contributed by atoms with Crippen LogP contribution in [0.1, 0.15) is 5.56 Å². The molecule has 0 aromatic heterocycles. The molecular formula is C23H25N3O3S. The molecule has 0 bridgehead atoms. The first-order chi connectivity index (χ1) is 14.4. The number of nitrogens with one attached hydrogen (secondary N) is 1. The third-order valence-electron chi connectivity index (χ3n) is 5.31. The lowest BCUT2D eigenvalue weighted by Crippen LogP contribution is -2.46. The summed E-state index contributed by atoms with van der Waals surface area (Å²) >= 11 is 0. The highest BCUT2D eigenvalue weighted by molar-refractivity contribution is 7.92. The van der Waals surface area contributed by atoms with Crippen molar-refractivity contribution in [3.05, 3.63) is 78.4 Å². The Kier molecular flexibility index (Phi) is 5.55. The van der Waals surface area contributed by atoms with Gasteiger partial charge in [0.15, 0.2) is 0 Å². The van der Waals surface area contributed by atoms with Crippen molar-refractivity contribution in [2.75, 3.05) is 40.7 Å². The Morgan fingerprint density at radius 2 is 1.20 bits per heavy atom. The molecule has 3 aromatic rings. The molecular weight excluding hydrogens is 398 g/mol. The second kappa shape index (κ2) is 8.28. The molecule has 0 unspecified atom stereocenters. The quantitative estimate of drug-likeness (QED) is 0.653. The van der Waals surface area contributed by atoms with E-state index in [1.807, 2.05) is 31.2 Å². The normalized spacial score (nSPS) is 14.6. The predicted molar refractivity (Wildman–Crippen MR) is 121 cm³/mol. The molecule has 1 aliphatic heterocycles. The third kappa shape index (κ3) is 4.52. The van der Waals surface area contributed by atoms with Crippen molar-refractivity contribution in [3.8, 4) is 5.75 Å². The molecule has 156 valence electrons. The molecule has 0 atom stereocenters. The van der Waals surface area contributed by atoms with Gasteiger partial charge in [-0.15, -0.1) is 0 Å². The van der Waals surface area contributed by atoms with Crippen molar-refractivity contribution in [3.63, 3.8) is 0 Å². The maximum absolute atomic E-state index is 12.5. The second-order valence-corrected chi connectivity index (χ2v) is 9.14. The van der Waals surface area contributed by atoms with Gasteiger partial charge in [-0.25, -0.2) is 8.42 Å². The molecule has 0 aliphatic carbocycles. The zero-order valence-electron chi connectivity index (χ0n) is 16.8. The number of hydrogen-bond donors (Lipinski definition) is 2. The fraction of sp³-hybridized carbons (Fsp3) is 0.217. The summed E-state index contributed by atoms with van der Waals surface area (Å²) in [5.74, 6) is 0.274. The van der Waals surface area contributed by atoms with Crippen LogP contribution in [0.3, 0.4) is 0 Å². The first-order valence-corrected chi connectivity index (χ1v) is 11.4. The van der Waals surface area contributed by atoms with Crippen LogP contribution < -0.4 is 14.5 Å². The van der Waals surface area contributed by atoms with Crippen molar-refractivity contribution in [2.24, 2.45) is 0 Å². The Morgan fingerprint density at radius 3 is 1.70 bits per heavy atom. The Labute approximate surface area is 177 Å². The van der Waals surface area contributed by atoms with Crippen LogP contribution in [-0.4, -0.2) is 39.7 Å².